The average Bonchev–Trinajstić information content (AvgIpc) is 3.45. The molecular weight excluding hydrogens is 348 g/mol. The number of rotatable bonds is 3. The Balaban J connectivity index is 1.47. The van der Waals surface area contributed by atoms with Gasteiger partial charge in [-0.25, -0.2) is 0 Å². The normalized spacial score (nSPS) is 25.2. The van der Waals surface area contributed by atoms with Crippen LogP contribution in [0, 0.1) is 11.3 Å². The van der Waals surface area contributed by atoms with Crippen LogP contribution in [-0.2, 0) is 17.8 Å². The summed E-state index contributed by atoms with van der Waals surface area (Å²) in [5.41, 5.74) is 4.04. The van der Waals surface area contributed by atoms with E-state index in [-0.39, 0.29) is 17.4 Å². The molecule has 0 radical (unpaired) electrons. The van der Waals surface area contributed by atoms with Crippen molar-refractivity contribution < 1.29 is 9.53 Å². The van der Waals surface area contributed by atoms with Crippen LogP contribution in [0.4, 0.5) is 0 Å². The number of hydrogen-bond acceptors (Lipinski definition) is 3. The van der Waals surface area contributed by atoms with Crippen LogP contribution in [0.25, 0.3) is 0 Å². The highest BCUT2D eigenvalue weighted by molar-refractivity contribution is 5.83. The Kier molecular flexibility index (Phi) is 4.39. The molecule has 2 aromatic carbocycles. The molecule has 4 nitrogen and oxygen atoms in total. The molecule has 2 aromatic rings. The van der Waals surface area contributed by atoms with Gasteiger partial charge in [0.1, 0.15) is 5.75 Å². The summed E-state index contributed by atoms with van der Waals surface area (Å²) in [5, 5.41) is 3.44. The minimum Gasteiger partial charge on any atom is -0.497 e. The Morgan fingerprint density at radius 3 is 2.64 bits per heavy atom. The SMILES string of the molecule is COc1ccc2c(c1)CN(C(=O)C1CC13CCNCC3)C(c1ccccc1)C2. The Hall–Kier alpha value is -2.33. The minimum absolute atomic E-state index is 0.119. The Morgan fingerprint density at radius 1 is 1.11 bits per heavy atom. The molecule has 0 aromatic heterocycles. The lowest BCUT2D eigenvalue weighted by molar-refractivity contribution is -0.137. The summed E-state index contributed by atoms with van der Waals surface area (Å²) in [6.07, 6.45) is 4.21. The number of piperidine rings is 1. The van der Waals surface area contributed by atoms with E-state index in [4.69, 9.17) is 4.74 Å². The predicted octanol–water partition coefficient (Wildman–Crippen LogP) is 3.71. The second kappa shape index (κ2) is 6.93. The van der Waals surface area contributed by atoms with Gasteiger partial charge in [-0.1, -0.05) is 36.4 Å². The Bertz CT molecular complexity index is 873. The summed E-state index contributed by atoms with van der Waals surface area (Å²) >= 11 is 0. The van der Waals surface area contributed by atoms with Gasteiger partial charge in [-0.15, -0.1) is 0 Å². The number of amides is 1. The van der Waals surface area contributed by atoms with Crippen molar-refractivity contribution in [2.45, 2.75) is 38.3 Å². The first-order valence-electron chi connectivity index (χ1n) is 10.4. The summed E-state index contributed by atoms with van der Waals surface area (Å²) in [6.45, 7) is 2.77. The number of carbonyl (C=O) groups excluding carboxylic acids is 1. The van der Waals surface area contributed by atoms with Crippen molar-refractivity contribution in [2.24, 2.45) is 11.3 Å². The summed E-state index contributed by atoms with van der Waals surface area (Å²) in [5.74, 6) is 1.42. The average molecular weight is 377 g/mol. The maximum absolute atomic E-state index is 13.7. The molecule has 28 heavy (non-hydrogen) atoms. The zero-order chi connectivity index (χ0) is 19.1. The van der Waals surface area contributed by atoms with Crippen LogP contribution >= 0.6 is 0 Å². The molecular formula is C24H28N2O2. The Morgan fingerprint density at radius 2 is 1.89 bits per heavy atom. The van der Waals surface area contributed by atoms with Gasteiger partial charge in [0.25, 0.3) is 0 Å². The van der Waals surface area contributed by atoms with Crippen molar-refractivity contribution in [1.29, 1.82) is 0 Å². The number of nitrogens with zero attached hydrogens (tertiary/aromatic N) is 1. The number of methoxy groups -OCH3 is 1. The third-order valence-electron chi connectivity index (χ3n) is 7.10. The van der Waals surface area contributed by atoms with Gasteiger partial charge in [-0.05, 0) is 73.0 Å². The van der Waals surface area contributed by atoms with Gasteiger partial charge in [0, 0.05) is 12.5 Å². The van der Waals surface area contributed by atoms with Crippen LogP contribution in [0.5, 0.6) is 5.75 Å². The van der Waals surface area contributed by atoms with Gasteiger partial charge >= 0.3 is 0 Å². The first-order valence-corrected chi connectivity index (χ1v) is 10.4. The molecule has 146 valence electrons. The number of carbonyl (C=O) groups is 1. The third-order valence-corrected chi connectivity index (χ3v) is 7.10. The molecule has 3 aliphatic rings. The van der Waals surface area contributed by atoms with E-state index in [0.29, 0.717) is 12.5 Å². The number of hydrogen-bond donors (Lipinski definition) is 1. The van der Waals surface area contributed by atoms with E-state index in [9.17, 15) is 4.79 Å². The van der Waals surface area contributed by atoms with Gasteiger partial charge in [0.05, 0.1) is 13.2 Å². The summed E-state index contributed by atoms with van der Waals surface area (Å²) in [7, 11) is 1.70. The van der Waals surface area contributed by atoms with Crippen molar-refractivity contribution in [3.8, 4) is 5.75 Å². The lowest BCUT2D eigenvalue weighted by atomic mass is 9.87. The summed E-state index contributed by atoms with van der Waals surface area (Å²) in [4.78, 5) is 15.8. The summed E-state index contributed by atoms with van der Waals surface area (Å²) < 4.78 is 5.43. The van der Waals surface area contributed by atoms with E-state index in [1.54, 1.807) is 7.11 Å². The fourth-order valence-corrected chi connectivity index (χ4v) is 5.27. The van der Waals surface area contributed by atoms with Crippen molar-refractivity contribution in [1.82, 2.24) is 10.2 Å². The topological polar surface area (TPSA) is 41.6 Å². The van der Waals surface area contributed by atoms with Crippen molar-refractivity contribution >= 4 is 5.91 Å². The fourth-order valence-electron chi connectivity index (χ4n) is 5.27. The largest absolute Gasteiger partial charge is 0.497 e. The predicted molar refractivity (Wildman–Crippen MR) is 109 cm³/mol. The number of ether oxygens (including phenoxy) is 1. The van der Waals surface area contributed by atoms with E-state index in [1.165, 1.54) is 16.7 Å². The van der Waals surface area contributed by atoms with Gasteiger partial charge < -0.3 is 15.0 Å². The molecule has 1 amide bonds. The molecule has 2 heterocycles. The Labute approximate surface area is 166 Å². The molecule has 1 aliphatic carbocycles. The molecule has 0 bridgehead atoms. The first-order chi connectivity index (χ1) is 13.7. The number of fused-ring (bicyclic) bond motifs is 1. The van der Waals surface area contributed by atoms with Crippen LogP contribution in [0.15, 0.2) is 48.5 Å². The van der Waals surface area contributed by atoms with Crippen molar-refractivity contribution in [3.05, 3.63) is 65.2 Å². The number of benzene rings is 2. The molecule has 2 unspecified atom stereocenters. The monoisotopic (exact) mass is 376 g/mol. The highest BCUT2D eigenvalue weighted by Gasteiger charge is 2.59. The van der Waals surface area contributed by atoms with E-state index >= 15 is 0 Å². The molecule has 1 saturated heterocycles. The van der Waals surface area contributed by atoms with Crippen LogP contribution in [0.2, 0.25) is 0 Å². The fraction of sp³-hybridized carbons (Fsp3) is 0.458. The lowest BCUT2D eigenvalue weighted by Gasteiger charge is -2.38. The van der Waals surface area contributed by atoms with E-state index < -0.39 is 0 Å². The molecule has 2 aliphatic heterocycles. The van der Waals surface area contributed by atoms with Crippen LogP contribution in [0.3, 0.4) is 0 Å². The number of nitrogens with one attached hydrogen (secondary N) is 1. The zero-order valence-electron chi connectivity index (χ0n) is 16.5. The van der Waals surface area contributed by atoms with Gasteiger partial charge in [-0.2, -0.15) is 0 Å². The molecule has 1 saturated carbocycles. The van der Waals surface area contributed by atoms with Crippen molar-refractivity contribution in [3.63, 3.8) is 0 Å². The standard InChI is InChI=1S/C24H28N2O2/c1-28-20-8-7-18-14-22(17-5-3-2-4-6-17)26(16-19(18)13-20)23(27)21-15-24(21)9-11-25-12-10-24/h2-8,13,21-22,25H,9-12,14-16H2,1H3. The molecule has 4 heteroatoms. The van der Waals surface area contributed by atoms with Gasteiger partial charge in [0.2, 0.25) is 5.91 Å². The first kappa shape index (κ1) is 17.7. The van der Waals surface area contributed by atoms with Crippen LogP contribution < -0.4 is 10.1 Å². The smallest absolute Gasteiger partial charge is 0.227 e. The lowest BCUT2D eigenvalue weighted by Crippen LogP contribution is -2.41. The van der Waals surface area contributed by atoms with Crippen molar-refractivity contribution in [2.75, 3.05) is 20.2 Å². The quantitative estimate of drug-likeness (QED) is 0.888. The minimum atomic E-state index is 0.119. The molecule has 5 rings (SSSR count). The maximum Gasteiger partial charge on any atom is 0.227 e. The zero-order valence-corrected chi connectivity index (χ0v) is 16.5. The second-order valence-corrected chi connectivity index (χ2v) is 8.60. The highest BCUT2D eigenvalue weighted by atomic mass is 16.5. The van der Waals surface area contributed by atoms with Crippen LogP contribution in [0.1, 0.15) is 42.0 Å². The maximum atomic E-state index is 13.7. The third kappa shape index (κ3) is 3.00. The van der Waals surface area contributed by atoms with Crippen LogP contribution in [-0.4, -0.2) is 31.0 Å². The van der Waals surface area contributed by atoms with E-state index in [1.807, 2.05) is 12.1 Å². The van der Waals surface area contributed by atoms with Gasteiger partial charge in [0.15, 0.2) is 0 Å². The van der Waals surface area contributed by atoms with E-state index in [0.717, 1.165) is 44.5 Å². The van der Waals surface area contributed by atoms with Gasteiger partial charge in [-0.3, -0.25) is 4.79 Å². The molecule has 2 fully saturated rings. The summed E-state index contributed by atoms with van der Waals surface area (Å²) in [6, 6.07) is 16.9. The second-order valence-electron chi connectivity index (χ2n) is 8.60. The highest BCUT2D eigenvalue weighted by Crippen LogP contribution is 2.60. The molecule has 2 atom stereocenters. The molecule has 1 N–H and O–H groups in total. The van der Waals surface area contributed by atoms with E-state index in [2.05, 4.69) is 46.6 Å². The molecule has 1 spiro atoms.